The van der Waals surface area contributed by atoms with E-state index in [9.17, 15) is 8.42 Å². The van der Waals surface area contributed by atoms with E-state index in [-0.39, 0.29) is 12.4 Å². The Labute approximate surface area is 128 Å². The number of sulfonamides is 1. The second kappa shape index (κ2) is 7.41. The Hall–Kier alpha value is -0.620. The lowest BCUT2D eigenvalue weighted by Crippen LogP contribution is -2.30. The van der Waals surface area contributed by atoms with Crippen molar-refractivity contribution in [2.45, 2.75) is 24.7 Å². The quantitative estimate of drug-likeness (QED) is 0.902. The van der Waals surface area contributed by atoms with Gasteiger partial charge >= 0.3 is 0 Å². The minimum absolute atomic E-state index is 0. The fourth-order valence-electron chi connectivity index (χ4n) is 2.52. The van der Waals surface area contributed by atoms with Gasteiger partial charge in [0.05, 0.1) is 4.90 Å². The largest absolute Gasteiger partial charge is 0.319 e. The third kappa shape index (κ3) is 3.73. The molecule has 1 aromatic carbocycles. The summed E-state index contributed by atoms with van der Waals surface area (Å²) in [7, 11) is -1.41. The van der Waals surface area contributed by atoms with Crippen LogP contribution in [0.5, 0.6) is 0 Å². The highest BCUT2D eigenvalue weighted by molar-refractivity contribution is 7.89. The molecule has 0 amide bonds. The van der Waals surface area contributed by atoms with E-state index in [0.717, 1.165) is 24.9 Å². The average molecular weight is 319 g/mol. The summed E-state index contributed by atoms with van der Waals surface area (Å²) in [4.78, 5) is 0.412. The first-order valence-electron chi connectivity index (χ1n) is 6.81. The van der Waals surface area contributed by atoms with E-state index in [1.54, 1.807) is 16.4 Å². The van der Waals surface area contributed by atoms with Crippen LogP contribution >= 0.6 is 12.4 Å². The Morgan fingerprint density at radius 2 is 1.95 bits per heavy atom. The smallest absolute Gasteiger partial charge is 0.243 e. The van der Waals surface area contributed by atoms with Crippen LogP contribution in [-0.2, 0) is 16.4 Å². The van der Waals surface area contributed by atoms with Crippen LogP contribution in [0.1, 0.15) is 18.9 Å². The summed E-state index contributed by atoms with van der Waals surface area (Å²) in [5.74, 6) is 0.426. The SMILES string of the molecule is CCc1ccc(S(=O)(=O)N2CCC(CNC)C2)cc1.Cl. The number of benzene rings is 1. The minimum atomic E-state index is -3.31. The lowest BCUT2D eigenvalue weighted by atomic mass is 10.1. The molecule has 0 radical (unpaired) electrons. The van der Waals surface area contributed by atoms with Gasteiger partial charge in [0.1, 0.15) is 0 Å². The van der Waals surface area contributed by atoms with Gasteiger partial charge in [0, 0.05) is 13.1 Å². The molecule has 0 aliphatic carbocycles. The van der Waals surface area contributed by atoms with E-state index >= 15 is 0 Å². The van der Waals surface area contributed by atoms with Crippen molar-refractivity contribution in [1.82, 2.24) is 9.62 Å². The van der Waals surface area contributed by atoms with Crippen LogP contribution in [0.3, 0.4) is 0 Å². The molecular weight excluding hydrogens is 296 g/mol. The lowest BCUT2D eigenvalue weighted by molar-refractivity contribution is 0.451. The standard InChI is InChI=1S/C14H22N2O2S.ClH/c1-3-12-4-6-14(7-5-12)19(17,18)16-9-8-13(11-16)10-15-2;/h4-7,13,15H,3,8-11H2,1-2H3;1H. The van der Waals surface area contributed by atoms with Crippen LogP contribution in [-0.4, -0.2) is 39.4 Å². The molecule has 6 heteroatoms. The van der Waals surface area contributed by atoms with Crippen molar-refractivity contribution in [2.24, 2.45) is 5.92 Å². The molecule has 20 heavy (non-hydrogen) atoms. The summed E-state index contributed by atoms with van der Waals surface area (Å²) in [5, 5.41) is 3.11. The number of halogens is 1. The van der Waals surface area contributed by atoms with Gasteiger partial charge in [0.2, 0.25) is 10.0 Å². The van der Waals surface area contributed by atoms with Crippen molar-refractivity contribution in [2.75, 3.05) is 26.7 Å². The first kappa shape index (κ1) is 17.4. The molecule has 4 nitrogen and oxygen atoms in total. The van der Waals surface area contributed by atoms with Crippen LogP contribution in [0.2, 0.25) is 0 Å². The Morgan fingerprint density at radius 3 is 2.50 bits per heavy atom. The van der Waals surface area contributed by atoms with Crippen LogP contribution in [0.25, 0.3) is 0 Å². The predicted molar refractivity (Wildman–Crippen MR) is 83.9 cm³/mol. The molecule has 1 saturated heterocycles. The van der Waals surface area contributed by atoms with Crippen molar-refractivity contribution in [1.29, 1.82) is 0 Å². The second-order valence-corrected chi connectivity index (χ2v) is 7.01. The van der Waals surface area contributed by atoms with Crippen molar-refractivity contribution in [3.05, 3.63) is 29.8 Å². The second-order valence-electron chi connectivity index (χ2n) is 5.07. The summed E-state index contributed by atoms with van der Waals surface area (Å²) in [6.45, 7) is 4.19. The molecule has 0 aromatic heterocycles. The monoisotopic (exact) mass is 318 g/mol. The maximum Gasteiger partial charge on any atom is 0.243 e. The minimum Gasteiger partial charge on any atom is -0.319 e. The molecule has 1 unspecified atom stereocenters. The maximum atomic E-state index is 12.5. The van der Waals surface area contributed by atoms with Gasteiger partial charge in [-0.25, -0.2) is 8.42 Å². The first-order chi connectivity index (χ1) is 9.07. The number of nitrogens with zero attached hydrogens (tertiary/aromatic N) is 1. The highest BCUT2D eigenvalue weighted by Crippen LogP contribution is 2.24. The van der Waals surface area contributed by atoms with Gasteiger partial charge in [0.25, 0.3) is 0 Å². The van der Waals surface area contributed by atoms with E-state index in [0.29, 0.717) is 23.9 Å². The fourth-order valence-corrected chi connectivity index (χ4v) is 4.05. The number of nitrogens with one attached hydrogen (secondary N) is 1. The van der Waals surface area contributed by atoms with Gasteiger partial charge in [0.15, 0.2) is 0 Å². The molecule has 0 bridgehead atoms. The third-order valence-corrected chi connectivity index (χ3v) is 5.59. The zero-order chi connectivity index (χ0) is 13.9. The Bertz CT molecular complexity index is 516. The molecule has 0 saturated carbocycles. The van der Waals surface area contributed by atoms with E-state index in [1.807, 2.05) is 19.2 Å². The topological polar surface area (TPSA) is 49.4 Å². The van der Waals surface area contributed by atoms with Gasteiger partial charge in [-0.2, -0.15) is 4.31 Å². The van der Waals surface area contributed by atoms with E-state index in [2.05, 4.69) is 12.2 Å². The zero-order valence-electron chi connectivity index (χ0n) is 12.0. The molecular formula is C14H23ClN2O2S. The van der Waals surface area contributed by atoms with Crippen molar-refractivity contribution in [3.63, 3.8) is 0 Å². The highest BCUT2D eigenvalue weighted by Gasteiger charge is 2.31. The molecule has 1 aliphatic rings. The molecule has 0 spiro atoms. The fraction of sp³-hybridized carbons (Fsp3) is 0.571. The molecule has 2 rings (SSSR count). The average Bonchev–Trinajstić information content (AvgIpc) is 2.89. The summed E-state index contributed by atoms with van der Waals surface area (Å²) < 4.78 is 26.6. The summed E-state index contributed by atoms with van der Waals surface area (Å²) in [6, 6.07) is 7.24. The van der Waals surface area contributed by atoms with Crippen LogP contribution in [0.4, 0.5) is 0 Å². The van der Waals surface area contributed by atoms with E-state index < -0.39 is 10.0 Å². The molecule has 1 atom stereocenters. The van der Waals surface area contributed by atoms with Crippen LogP contribution < -0.4 is 5.32 Å². The number of hydrogen-bond donors (Lipinski definition) is 1. The summed E-state index contributed by atoms with van der Waals surface area (Å²) in [6.07, 6.45) is 1.86. The molecule has 1 aromatic rings. The van der Waals surface area contributed by atoms with Gasteiger partial charge in [-0.05, 0) is 50.0 Å². The number of rotatable bonds is 5. The van der Waals surface area contributed by atoms with Crippen molar-refractivity contribution < 1.29 is 8.42 Å². The molecule has 1 N–H and O–H groups in total. The Balaban J connectivity index is 0.00000200. The van der Waals surface area contributed by atoms with Gasteiger partial charge in [-0.3, -0.25) is 0 Å². The number of hydrogen-bond acceptors (Lipinski definition) is 3. The predicted octanol–water partition coefficient (Wildman–Crippen LogP) is 1.90. The zero-order valence-corrected chi connectivity index (χ0v) is 13.6. The molecule has 114 valence electrons. The van der Waals surface area contributed by atoms with Gasteiger partial charge in [-0.15, -0.1) is 12.4 Å². The lowest BCUT2D eigenvalue weighted by Gasteiger charge is -2.16. The van der Waals surface area contributed by atoms with Crippen molar-refractivity contribution in [3.8, 4) is 0 Å². The molecule has 1 heterocycles. The van der Waals surface area contributed by atoms with Crippen LogP contribution in [0, 0.1) is 5.92 Å². The molecule has 1 aliphatic heterocycles. The van der Waals surface area contributed by atoms with E-state index in [1.165, 1.54) is 0 Å². The normalized spacial score (nSPS) is 19.8. The highest BCUT2D eigenvalue weighted by atomic mass is 35.5. The van der Waals surface area contributed by atoms with Crippen LogP contribution in [0.15, 0.2) is 29.2 Å². The molecule has 1 fully saturated rings. The summed E-state index contributed by atoms with van der Waals surface area (Å²) in [5.41, 5.74) is 1.16. The van der Waals surface area contributed by atoms with Crippen molar-refractivity contribution >= 4 is 22.4 Å². The summed E-state index contributed by atoms with van der Waals surface area (Å²) >= 11 is 0. The third-order valence-electron chi connectivity index (χ3n) is 3.71. The van der Waals surface area contributed by atoms with Gasteiger partial charge < -0.3 is 5.32 Å². The van der Waals surface area contributed by atoms with E-state index in [4.69, 9.17) is 0 Å². The Kier molecular flexibility index (Phi) is 6.45. The number of aryl methyl sites for hydroxylation is 1. The Morgan fingerprint density at radius 1 is 1.30 bits per heavy atom. The van der Waals surface area contributed by atoms with Gasteiger partial charge in [-0.1, -0.05) is 19.1 Å². The maximum absolute atomic E-state index is 12.5. The first-order valence-corrected chi connectivity index (χ1v) is 8.25.